The van der Waals surface area contributed by atoms with Crippen LogP contribution in [0.25, 0.3) is 0 Å². The van der Waals surface area contributed by atoms with E-state index in [2.05, 4.69) is 18.9 Å². The number of nitrogens with zero attached hydrogens (tertiary/aromatic N) is 2. The molecule has 1 unspecified atom stereocenters. The van der Waals surface area contributed by atoms with Crippen molar-refractivity contribution in [2.75, 3.05) is 6.54 Å². The van der Waals surface area contributed by atoms with Crippen molar-refractivity contribution in [2.45, 2.75) is 65.0 Å². The summed E-state index contributed by atoms with van der Waals surface area (Å²) in [6, 6.07) is 0. The Hall–Kier alpha value is -0.870. The molecule has 0 amide bonds. The molecule has 0 saturated heterocycles. The lowest BCUT2D eigenvalue weighted by Gasteiger charge is -2.42. The Morgan fingerprint density at radius 2 is 2.15 bits per heavy atom. The van der Waals surface area contributed by atoms with Crippen LogP contribution in [-0.2, 0) is 6.54 Å². The van der Waals surface area contributed by atoms with Crippen molar-refractivity contribution in [3.8, 4) is 0 Å². The fourth-order valence-corrected chi connectivity index (χ4v) is 3.59. The molecule has 1 heterocycles. The van der Waals surface area contributed by atoms with Gasteiger partial charge in [0.25, 0.3) is 0 Å². The van der Waals surface area contributed by atoms with E-state index in [1.807, 2.05) is 10.9 Å². The molecule has 1 aliphatic rings. The van der Waals surface area contributed by atoms with Crippen LogP contribution in [0.15, 0.2) is 12.4 Å². The third-order valence-corrected chi connectivity index (χ3v) is 5.08. The van der Waals surface area contributed by atoms with Crippen molar-refractivity contribution in [2.24, 2.45) is 17.1 Å². The van der Waals surface area contributed by atoms with Crippen molar-refractivity contribution in [3.05, 3.63) is 18.0 Å². The Bertz CT molecular complexity index is 408. The van der Waals surface area contributed by atoms with Gasteiger partial charge in [-0.2, -0.15) is 5.10 Å². The van der Waals surface area contributed by atoms with Gasteiger partial charge < -0.3 is 10.8 Å². The zero-order valence-corrected chi connectivity index (χ0v) is 12.9. The Kier molecular flexibility index (Phi) is 5.22. The molecular weight excluding hydrogens is 250 g/mol. The molecule has 3 N–H and O–H groups in total. The van der Waals surface area contributed by atoms with Crippen molar-refractivity contribution >= 4 is 0 Å². The molecule has 2 rings (SSSR count). The number of aliphatic hydroxyl groups is 1. The van der Waals surface area contributed by atoms with Gasteiger partial charge in [0, 0.05) is 30.3 Å². The van der Waals surface area contributed by atoms with E-state index in [-0.39, 0.29) is 5.41 Å². The second kappa shape index (κ2) is 6.72. The summed E-state index contributed by atoms with van der Waals surface area (Å²) in [7, 11) is 0. The molecule has 114 valence electrons. The molecule has 1 aliphatic carbocycles. The van der Waals surface area contributed by atoms with Crippen molar-refractivity contribution in [1.29, 1.82) is 0 Å². The van der Waals surface area contributed by atoms with Crippen LogP contribution < -0.4 is 5.73 Å². The van der Waals surface area contributed by atoms with Crippen LogP contribution in [0.2, 0.25) is 0 Å². The zero-order chi connectivity index (χ0) is 14.6. The summed E-state index contributed by atoms with van der Waals surface area (Å²) in [4.78, 5) is 0. The van der Waals surface area contributed by atoms with E-state index in [4.69, 9.17) is 5.73 Å². The fraction of sp³-hybridized carbons (Fsp3) is 0.812. The van der Waals surface area contributed by atoms with Gasteiger partial charge in [0.2, 0.25) is 0 Å². The quantitative estimate of drug-likeness (QED) is 0.841. The van der Waals surface area contributed by atoms with Crippen molar-refractivity contribution < 1.29 is 5.11 Å². The molecule has 1 fully saturated rings. The third-order valence-electron chi connectivity index (χ3n) is 5.08. The summed E-state index contributed by atoms with van der Waals surface area (Å²) in [5.74, 6) is 0.824. The first kappa shape index (κ1) is 15.5. The van der Waals surface area contributed by atoms with Gasteiger partial charge in [0.1, 0.15) is 0 Å². The molecule has 0 radical (unpaired) electrons. The van der Waals surface area contributed by atoms with Gasteiger partial charge in [-0.3, -0.25) is 4.68 Å². The zero-order valence-electron chi connectivity index (χ0n) is 12.9. The minimum atomic E-state index is -0.477. The maximum Gasteiger partial charge on any atom is 0.0888 e. The van der Waals surface area contributed by atoms with E-state index in [0.717, 1.165) is 30.9 Å². The second-order valence-corrected chi connectivity index (χ2v) is 6.33. The molecule has 1 atom stereocenters. The first-order valence-corrected chi connectivity index (χ1v) is 8.05. The third kappa shape index (κ3) is 3.07. The first-order chi connectivity index (χ1) is 9.65. The van der Waals surface area contributed by atoms with Gasteiger partial charge in [-0.15, -0.1) is 0 Å². The maximum atomic E-state index is 10.8. The molecule has 1 aromatic rings. The van der Waals surface area contributed by atoms with Crippen LogP contribution in [0.3, 0.4) is 0 Å². The highest BCUT2D eigenvalue weighted by atomic mass is 16.3. The Morgan fingerprint density at radius 3 is 2.65 bits per heavy atom. The smallest absolute Gasteiger partial charge is 0.0888 e. The van der Waals surface area contributed by atoms with Crippen LogP contribution in [-0.4, -0.2) is 21.4 Å². The maximum absolute atomic E-state index is 10.8. The van der Waals surface area contributed by atoms with Crippen LogP contribution >= 0.6 is 0 Å². The lowest BCUT2D eigenvalue weighted by atomic mass is 9.65. The van der Waals surface area contributed by atoms with E-state index in [9.17, 15) is 5.11 Å². The highest BCUT2D eigenvalue weighted by Gasteiger charge is 2.41. The topological polar surface area (TPSA) is 64.1 Å². The molecule has 1 aromatic heterocycles. The predicted octanol–water partition coefficient (Wildman–Crippen LogP) is 2.87. The SMILES string of the molecule is CCCC1CCC(CN)(C(O)c2cnn(CC)c2)CC1. The second-order valence-electron chi connectivity index (χ2n) is 6.33. The van der Waals surface area contributed by atoms with Gasteiger partial charge in [-0.05, 0) is 38.5 Å². The highest BCUT2D eigenvalue weighted by molar-refractivity contribution is 5.13. The number of hydrogen-bond acceptors (Lipinski definition) is 3. The number of aliphatic hydroxyl groups excluding tert-OH is 1. The average molecular weight is 279 g/mol. The van der Waals surface area contributed by atoms with Crippen LogP contribution in [0.1, 0.15) is 64.0 Å². The predicted molar refractivity (Wildman–Crippen MR) is 81.2 cm³/mol. The summed E-state index contributed by atoms with van der Waals surface area (Å²) < 4.78 is 1.87. The van der Waals surface area contributed by atoms with Gasteiger partial charge >= 0.3 is 0 Å². The van der Waals surface area contributed by atoms with Gasteiger partial charge in [0.05, 0.1) is 12.3 Å². The minimum absolute atomic E-state index is 0.147. The monoisotopic (exact) mass is 279 g/mol. The van der Waals surface area contributed by atoms with Crippen LogP contribution in [0, 0.1) is 11.3 Å². The molecular formula is C16H29N3O. The van der Waals surface area contributed by atoms with Crippen LogP contribution in [0.5, 0.6) is 0 Å². The molecule has 20 heavy (non-hydrogen) atoms. The Morgan fingerprint density at radius 1 is 1.45 bits per heavy atom. The van der Waals surface area contributed by atoms with E-state index in [1.54, 1.807) is 6.20 Å². The standard InChI is InChI=1S/C16H29N3O/c1-3-5-13-6-8-16(12-17,9-7-13)15(20)14-10-18-19(4-2)11-14/h10-11,13,15,20H,3-9,12,17H2,1-2H3. The highest BCUT2D eigenvalue weighted by Crippen LogP contribution is 2.47. The lowest BCUT2D eigenvalue weighted by Crippen LogP contribution is -2.40. The van der Waals surface area contributed by atoms with Crippen LogP contribution in [0.4, 0.5) is 0 Å². The normalized spacial score (nSPS) is 28.5. The summed E-state index contributed by atoms with van der Waals surface area (Å²) in [6.07, 6.45) is 10.3. The first-order valence-electron chi connectivity index (χ1n) is 8.05. The molecule has 0 bridgehead atoms. The lowest BCUT2D eigenvalue weighted by molar-refractivity contribution is -0.0109. The molecule has 0 aromatic carbocycles. The minimum Gasteiger partial charge on any atom is -0.388 e. The number of hydrogen-bond donors (Lipinski definition) is 2. The summed E-state index contributed by atoms with van der Waals surface area (Å²) in [5, 5.41) is 15.1. The molecule has 0 aliphatic heterocycles. The molecule has 0 spiro atoms. The average Bonchev–Trinajstić information content (AvgIpc) is 2.97. The summed E-state index contributed by atoms with van der Waals surface area (Å²) in [6.45, 7) is 5.70. The molecule has 4 nitrogen and oxygen atoms in total. The largest absolute Gasteiger partial charge is 0.388 e. The number of aryl methyl sites for hydroxylation is 1. The summed E-state index contributed by atoms with van der Waals surface area (Å²) in [5.41, 5.74) is 6.82. The van der Waals surface area contributed by atoms with E-state index >= 15 is 0 Å². The summed E-state index contributed by atoms with van der Waals surface area (Å²) >= 11 is 0. The molecule has 4 heteroatoms. The Labute approximate surface area is 122 Å². The van der Waals surface area contributed by atoms with Crippen molar-refractivity contribution in [1.82, 2.24) is 9.78 Å². The van der Waals surface area contributed by atoms with Crippen molar-refractivity contribution in [3.63, 3.8) is 0 Å². The Balaban J connectivity index is 2.07. The van der Waals surface area contributed by atoms with Gasteiger partial charge in [-0.25, -0.2) is 0 Å². The van der Waals surface area contributed by atoms with E-state index in [0.29, 0.717) is 6.54 Å². The van der Waals surface area contributed by atoms with Gasteiger partial charge in [-0.1, -0.05) is 19.8 Å². The number of rotatable bonds is 6. The van der Waals surface area contributed by atoms with E-state index < -0.39 is 6.10 Å². The number of nitrogens with two attached hydrogens (primary N) is 1. The number of aromatic nitrogens is 2. The van der Waals surface area contributed by atoms with E-state index in [1.165, 1.54) is 25.7 Å². The van der Waals surface area contributed by atoms with Gasteiger partial charge in [0.15, 0.2) is 0 Å². The fourth-order valence-electron chi connectivity index (χ4n) is 3.59. The molecule has 1 saturated carbocycles.